The first kappa shape index (κ1) is 10.3. The van der Waals surface area contributed by atoms with Gasteiger partial charge in [0.1, 0.15) is 0 Å². The van der Waals surface area contributed by atoms with Crippen molar-refractivity contribution in [3.05, 3.63) is 34.9 Å². The number of fused-ring (bicyclic) bond motifs is 1. The molecular formula is C14H19NO. The highest BCUT2D eigenvalue weighted by Crippen LogP contribution is 2.33. The van der Waals surface area contributed by atoms with Crippen LogP contribution in [0.3, 0.4) is 0 Å². The summed E-state index contributed by atoms with van der Waals surface area (Å²) in [6, 6.07) is 7.31. The minimum absolute atomic E-state index is 0.284. The topological polar surface area (TPSA) is 21.3 Å². The molecule has 16 heavy (non-hydrogen) atoms. The lowest BCUT2D eigenvalue weighted by molar-refractivity contribution is 0.0199. The maximum absolute atomic E-state index is 5.97. The minimum Gasteiger partial charge on any atom is -0.372 e. The summed E-state index contributed by atoms with van der Waals surface area (Å²) in [5, 5.41) is 3.56. The molecule has 2 aliphatic rings. The molecule has 1 unspecified atom stereocenters. The molecule has 1 saturated heterocycles. The zero-order valence-electron chi connectivity index (χ0n) is 9.83. The Balaban J connectivity index is 1.93. The van der Waals surface area contributed by atoms with Gasteiger partial charge in [-0.2, -0.15) is 0 Å². The molecule has 2 heteroatoms. The molecule has 86 valence electrons. The molecule has 1 aromatic rings. The lowest BCUT2D eigenvalue weighted by atomic mass is 9.91. The Kier molecular flexibility index (Phi) is 2.70. The molecule has 0 aromatic heterocycles. The fourth-order valence-electron chi connectivity index (χ4n) is 2.92. The predicted molar refractivity (Wildman–Crippen MR) is 64.6 cm³/mol. The van der Waals surface area contributed by atoms with Gasteiger partial charge in [0.15, 0.2) is 0 Å². The largest absolute Gasteiger partial charge is 0.372 e. The van der Waals surface area contributed by atoms with Gasteiger partial charge < -0.3 is 10.1 Å². The van der Waals surface area contributed by atoms with Crippen molar-refractivity contribution in [1.29, 1.82) is 0 Å². The van der Waals surface area contributed by atoms with Crippen LogP contribution in [0.25, 0.3) is 0 Å². The number of ether oxygens (including phenoxy) is 1. The van der Waals surface area contributed by atoms with Gasteiger partial charge in [-0.05, 0) is 43.9 Å². The smallest absolute Gasteiger partial charge is 0.0980 e. The summed E-state index contributed by atoms with van der Waals surface area (Å²) in [4.78, 5) is 0. The van der Waals surface area contributed by atoms with Gasteiger partial charge in [-0.3, -0.25) is 0 Å². The molecule has 0 aliphatic carbocycles. The van der Waals surface area contributed by atoms with Crippen molar-refractivity contribution in [2.75, 3.05) is 13.2 Å². The van der Waals surface area contributed by atoms with Gasteiger partial charge >= 0.3 is 0 Å². The van der Waals surface area contributed by atoms with Crippen LogP contribution in [0.15, 0.2) is 18.2 Å². The van der Waals surface area contributed by atoms with Crippen molar-refractivity contribution in [2.45, 2.75) is 38.3 Å². The highest BCUT2D eigenvalue weighted by Gasteiger charge is 2.30. The van der Waals surface area contributed by atoms with E-state index >= 15 is 0 Å². The molecule has 0 saturated carbocycles. The molecule has 0 radical (unpaired) electrons. The van der Waals surface area contributed by atoms with Crippen LogP contribution in [0.1, 0.15) is 35.6 Å². The zero-order valence-corrected chi connectivity index (χ0v) is 9.83. The van der Waals surface area contributed by atoms with Gasteiger partial charge in [0.05, 0.1) is 12.7 Å². The molecule has 1 fully saturated rings. The third-order valence-electron chi connectivity index (χ3n) is 3.74. The number of rotatable bonds is 1. The summed E-state index contributed by atoms with van der Waals surface area (Å²) in [6.45, 7) is 4.18. The zero-order chi connectivity index (χ0) is 11.0. The molecule has 2 nitrogen and oxygen atoms in total. The summed E-state index contributed by atoms with van der Waals surface area (Å²) >= 11 is 0. The molecule has 0 bridgehead atoms. The van der Waals surface area contributed by atoms with Crippen LogP contribution in [-0.4, -0.2) is 19.2 Å². The molecule has 0 spiro atoms. The van der Waals surface area contributed by atoms with E-state index < -0.39 is 0 Å². The average Bonchev–Trinajstić information content (AvgIpc) is 2.81. The van der Waals surface area contributed by atoms with Crippen LogP contribution < -0.4 is 5.32 Å². The van der Waals surface area contributed by atoms with Crippen LogP contribution in [0, 0.1) is 6.92 Å². The first-order chi connectivity index (χ1) is 7.84. The number of aryl methyl sites for hydroxylation is 1. The van der Waals surface area contributed by atoms with E-state index in [2.05, 4.69) is 30.4 Å². The van der Waals surface area contributed by atoms with Crippen LogP contribution in [-0.2, 0) is 11.2 Å². The van der Waals surface area contributed by atoms with Gasteiger partial charge in [-0.25, -0.2) is 0 Å². The van der Waals surface area contributed by atoms with Gasteiger partial charge in [-0.1, -0.05) is 23.8 Å². The van der Waals surface area contributed by atoms with Crippen molar-refractivity contribution >= 4 is 0 Å². The molecule has 3 rings (SSSR count). The first-order valence-electron chi connectivity index (χ1n) is 6.29. The summed E-state index contributed by atoms with van der Waals surface area (Å²) in [5.41, 5.74) is 4.26. The third-order valence-corrected chi connectivity index (χ3v) is 3.74. The van der Waals surface area contributed by atoms with Gasteiger partial charge in [0.2, 0.25) is 0 Å². The second-order valence-corrected chi connectivity index (χ2v) is 4.95. The lowest BCUT2D eigenvalue weighted by Crippen LogP contribution is -2.33. The van der Waals surface area contributed by atoms with Crippen LogP contribution >= 0.6 is 0 Å². The number of hydrogen-bond acceptors (Lipinski definition) is 2. The maximum atomic E-state index is 5.97. The summed E-state index contributed by atoms with van der Waals surface area (Å²) in [7, 11) is 0. The average molecular weight is 217 g/mol. The molecule has 0 amide bonds. The van der Waals surface area contributed by atoms with Gasteiger partial charge in [0.25, 0.3) is 0 Å². The van der Waals surface area contributed by atoms with E-state index in [4.69, 9.17) is 4.74 Å². The van der Waals surface area contributed by atoms with E-state index in [9.17, 15) is 0 Å². The number of hydrogen-bond donors (Lipinski definition) is 1. The molecule has 2 atom stereocenters. The lowest BCUT2D eigenvalue weighted by Gasteiger charge is -2.30. The standard InChI is InChI=1S/C14H19NO/c1-10-4-5-12-11(9-10)6-8-16-14(12)13-3-2-7-15-13/h4-5,9,13-15H,2-3,6-8H2,1H3/t13-,14?/m0/s1. The van der Waals surface area contributed by atoms with Crippen molar-refractivity contribution < 1.29 is 4.74 Å². The van der Waals surface area contributed by atoms with Crippen LogP contribution in [0.4, 0.5) is 0 Å². The minimum atomic E-state index is 0.284. The second-order valence-electron chi connectivity index (χ2n) is 4.95. The molecular weight excluding hydrogens is 198 g/mol. The Morgan fingerprint density at radius 1 is 1.38 bits per heavy atom. The second kappa shape index (κ2) is 4.19. The molecule has 2 heterocycles. The van der Waals surface area contributed by atoms with Gasteiger partial charge in [0, 0.05) is 6.04 Å². The first-order valence-corrected chi connectivity index (χ1v) is 6.29. The fraction of sp³-hybridized carbons (Fsp3) is 0.571. The third kappa shape index (κ3) is 1.76. The highest BCUT2D eigenvalue weighted by molar-refractivity contribution is 5.35. The Hall–Kier alpha value is -0.860. The fourth-order valence-corrected chi connectivity index (χ4v) is 2.92. The number of nitrogens with one attached hydrogen (secondary N) is 1. The molecule has 1 N–H and O–H groups in total. The van der Waals surface area contributed by atoms with E-state index in [0.717, 1.165) is 19.6 Å². The van der Waals surface area contributed by atoms with Crippen molar-refractivity contribution in [1.82, 2.24) is 5.32 Å². The van der Waals surface area contributed by atoms with Crippen LogP contribution in [0.5, 0.6) is 0 Å². The summed E-state index contributed by atoms with van der Waals surface area (Å²) in [5.74, 6) is 0. The van der Waals surface area contributed by atoms with Crippen LogP contribution in [0.2, 0.25) is 0 Å². The normalized spacial score (nSPS) is 29.1. The number of benzene rings is 1. The molecule has 1 aromatic carbocycles. The van der Waals surface area contributed by atoms with Crippen molar-refractivity contribution in [2.24, 2.45) is 0 Å². The Morgan fingerprint density at radius 2 is 2.31 bits per heavy atom. The van der Waals surface area contributed by atoms with E-state index in [0.29, 0.717) is 6.04 Å². The molecule has 2 aliphatic heterocycles. The predicted octanol–water partition coefficient (Wildman–Crippen LogP) is 2.36. The SMILES string of the molecule is Cc1ccc2c(c1)CCOC2[C@@H]1CCCN1. The van der Waals surface area contributed by atoms with E-state index in [1.165, 1.54) is 29.5 Å². The van der Waals surface area contributed by atoms with E-state index in [1.807, 2.05) is 0 Å². The van der Waals surface area contributed by atoms with E-state index in [-0.39, 0.29) is 6.10 Å². The maximum Gasteiger partial charge on any atom is 0.0980 e. The van der Waals surface area contributed by atoms with E-state index in [1.54, 1.807) is 0 Å². The Labute approximate surface area is 97.0 Å². The Morgan fingerprint density at radius 3 is 3.12 bits per heavy atom. The van der Waals surface area contributed by atoms with Gasteiger partial charge in [-0.15, -0.1) is 0 Å². The quantitative estimate of drug-likeness (QED) is 0.779. The highest BCUT2D eigenvalue weighted by atomic mass is 16.5. The van der Waals surface area contributed by atoms with Crippen molar-refractivity contribution in [3.63, 3.8) is 0 Å². The summed E-state index contributed by atoms with van der Waals surface area (Å²) < 4.78 is 5.97. The van der Waals surface area contributed by atoms with Crippen molar-refractivity contribution in [3.8, 4) is 0 Å². The monoisotopic (exact) mass is 217 g/mol. The summed E-state index contributed by atoms with van der Waals surface area (Å²) in [6.07, 6.45) is 3.89. The Bertz CT molecular complexity index is 382.